The van der Waals surface area contributed by atoms with Gasteiger partial charge in [-0.2, -0.15) is 9.78 Å². The highest BCUT2D eigenvalue weighted by Crippen LogP contribution is 2.25. The van der Waals surface area contributed by atoms with Crippen LogP contribution in [-0.2, 0) is 11.3 Å². The Kier molecular flexibility index (Phi) is 6.49. The van der Waals surface area contributed by atoms with Gasteiger partial charge in [0.15, 0.2) is 5.82 Å². The van der Waals surface area contributed by atoms with E-state index in [-0.39, 0.29) is 23.8 Å². The fourth-order valence-corrected chi connectivity index (χ4v) is 4.82. The molecule has 2 aromatic heterocycles. The lowest BCUT2D eigenvalue weighted by atomic mass is 10.1. The molecule has 0 fully saturated rings. The van der Waals surface area contributed by atoms with Gasteiger partial charge in [-0.1, -0.05) is 60.7 Å². The zero-order chi connectivity index (χ0) is 27.6. The topological polar surface area (TPSA) is 81.3 Å². The molecule has 0 bridgehead atoms. The molecule has 0 radical (unpaired) electrons. The summed E-state index contributed by atoms with van der Waals surface area (Å²) in [6.07, 6.45) is 1.65. The third kappa shape index (κ3) is 4.67. The van der Waals surface area contributed by atoms with Gasteiger partial charge in [-0.15, -0.1) is 0 Å². The number of anilines is 1. The summed E-state index contributed by atoms with van der Waals surface area (Å²) in [5.41, 5.74) is 4.03. The van der Waals surface area contributed by atoms with Crippen molar-refractivity contribution < 1.29 is 9.18 Å². The summed E-state index contributed by atoms with van der Waals surface area (Å²) in [7, 11) is 0. The molecule has 7 nitrogen and oxygen atoms in total. The van der Waals surface area contributed by atoms with Gasteiger partial charge in [0.1, 0.15) is 12.4 Å². The summed E-state index contributed by atoms with van der Waals surface area (Å²) >= 11 is 0. The number of nitrogens with one attached hydrogen (secondary N) is 1. The zero-order valence-corrected chi connectivity index (χ0v) is 21.6. The smallest absolute Gasteiger partial charge is 0.282 e. The summed E-state index contributed by atoms with van der Waals surface area (Å²) in [5, 5.41) is 8.82. The number of halogens is 1. The van der Waals surface area contributed by atoms with Crippen LogP contribution < -0.4 is 10.9 Å². The van der Waals surface area contributed by atoms with Gasteiger partial charge in [0.25, 0.3) is 5.56 Å². The van der Waals surface area contributed by atoms with E-state index in [9.17, 15) is 14.0 Å². The standard InChI is InChI=1S/C32H24FN5O2/c1-21-27(25-11-6-8-14-29(25)37(21)20-30(39)35-24-17-15-23(33)16-18-24)19-34-38-31(22-9-3-2-4-10-22)36-28-13-7-5-12-26(28)32(38)40/h2-19H,20H2,1H3,(H,35,39). The van der Waals surface area contributed by atoms with Gasteiger partial charge in [0.05, 0.1) is 17.1 Å². The molecule has 40 heavy (non-hydrogen) atoms. The summed E-state index contributed by atoms with van der Waals surface area (Å²) in [5.74, 6) is -0.189. The Balaban J connectivity index is 1.42. The van der Waals surface area contributed by atoms with E-state index in [4.69, 9.17) is 4.98 Å². The van der Waals surface area contributed by atoms with Crippen LogP contribution in [0.1, 0.15) is 11.3 Å². The highest BCUT2D eigenvalue weighted by Gasteiger charge is 2.17. The number of carbonyl (C=O) groups excluding carboxylic acids is 1. The van der Waals surface area contributed by atoms with Gasteiger partial charge in [0.2, 0.25) is 5.91 Å². The van der Waals surface area contributed by atoms with Crippen LogP contribution in [0.4, 0.5) is 10.1 Å². The maximum Gasteiger partial charge on any atom is 0.282 e. The van der Waals surface area contributed by atoms with Crippen molar-refractivity contribution in [3.8, 4) is 11.4 Å². The molecule has 8 heteroatoms. The summed E-state index contributed by atoms with van der Waals surface area (Å²) in [6.45, 7) is 1.95. The SMILES string of the molecule is Cc1c(C=Nn2c(-c3ccccc3)nc3ccccc3c2=O)c2ccccc2n1CC(=O)Nc1ccc(F)cc1. The van der Waals surface area contributed by atoms with Crippen LogP contribution in [0.15, 0.2) is 113 Å². The first-order valence-corrected chi connectivity index (χ1v) is 12.7. The minimum absolute atomic E-state index is 0.0459. The second kappa shape index (κ2) is 10.4. The monoisotopic (exact) mass is 529 g/mol. The minimum atomic E-state index is -0.370. The molecule has 0 spiro atoms. The maximum absolute atomic E-state index is 13.6. The van der Waals surface area contributed by atoms with Crippen LogP contribution in [0.2, 0.25) is 0 Å². The van der Waals surface area contributed by atoms with Gasteiger partial charge < -0.3 is 9.88 Å². The van der Waals surface area contributed by atoms with E-state index in [2.05, 4.69) is 10.4 Å². The molecule has 6 rings (SSSR count). The maximum atomic E-state index is 13.6. The molecule has 2 heterocycles. The molecule has 0 atom stereocenters. The van der Waals surface area contributed by atoms with Crippen molar-refractivity contribution in [2.75, 3.05) is 5.32 Å². The largest absolute Gasteiger partial charge is 0.335 e. The van der Waals surface area contributed by atoms with Gasteiger partial charge in [0, 0.05) is 33.4 Å². The number of rotatable bonds is 6. The van der Waals surface area contributed by atoms with Gasteiger partial charge in [-0.25, -0.2) is 9.37 Å². The summed E-state index contributed by atoms with van der Waals surface area (Å²) < 4.78 is 16.5. The number of nitrogens with zero attached hydrogens (tertiary/aromatic N) is 4. The Labute approximate surface area is 228 Å². The lowest BCUT2D eigenvalue weighted by Crippen LogP contribution is -2.20. The minimum Gasteiger partial charge on any atom is -0.335 e. The Morgan fingerprint density at radius 3 is 2.35 bits per heavy atom. The van der Waals surface area contributed by atoms with Crippen molar-refractivity contribution in [1.82, 2.24) is 14.2 Å². The molecule has 1 amide bonds. The number of aromatic nitrogens is 3. The molecule has 0 aliphatic carbocycles. The fourth-order valence-electron chi connectivity index (χ4n) is 4.82. The predicted octanol–water partition coefficient (Wildman–Crippen LogP) is 5.99. The van der Waals surface area contributed by atoms with Crippen molar-refractivity contribution in [3.63, 3.8) is 0 Å². The normalized spacial score (nSPS) is 11.4. The van der Waals surface area contributed by atoms with E-state index in [1.54, 1.807) is 18.3 Å². The molecule has 0 aliphatic rings. The quantitative estimate of drug-likeness (QED) is 0.269. The first-order chi connectivity index (χ1) is 19.5. The number of carbonyl (C=O) groups is 1. The average Bonchev–Trinajstić information content (AvgIpc) is 3.24. The number of hydrogen-bond acceptors (Lipinski definition) is 4. The number of hydrogen-bond donors (Lipinski definition) is 1. The van der Waals surface area contributed by atoms with Crippen molar-refractivity contribution in [2.24, 2.45) is 5.10 Å². The number of benzene rings is 4. The number of para-hydroxylation sites is 2. The van der Waals surface area contributed by atoms with Gasteiger partial charge in [-0.3, -0.25) is 9.59 Å². The molecule has 0 saturated carbocycles. The Bertz CT molecular complexity index is 1960. The Hall–Kier alpha value is -5.37. The first-order valence-electron chi connectivity index (χ1n) is 12.7. The molecular weight excluding hydrogens is 505 g/mol. The van der Waals surface area contributed by atoms with Gasteiger partial charge >= 0.3 is 0 Å². The first kappa shape index (κ1) is 24.9. The second-order valence-corrected chi connectivity index (χ2v) is 9.34. The average molecular weight is 530 g/mol. The third-order valence-electron chi connectivity index (χ3n) is 6.80. The zero-order valence-electron chi connectivity index (χ0n) is 21.6. The van der Waals surface area contributed by atoms with Crippen LogP contribution >= 0.6 is 0 Å². The Morgan fingerprint density at radius 2 is 1.57 bits per heavy atom. The van der Waals surface area contributed by atoms with Crippen molar-refractivity contribution >= 4 is 39.6 Å². The van der Waals surface area contributed by atoms with E-state index in [1.165, 1.54) is 28.9 Å². The lowest BCUT2D eigenvalue weighted by Gasteiger charge is -2.10. The molecule has 0 aliphatic heterocycles. The van der Waals surface area contributed by atoms with E-state index >= 15 is 0 Å². The molecule has 196 valence electrons. The van der Waals surface area contributed by atoms with E-state index in [0.29, 0.717) is 22.4 Å². The van der Waals surface area contributed by atoms with Crippen molar-refractivity contribution in [2.45, 2.75) is 13.5 Å². The summed E-state index contributed by atoms with van der Waals surface area (Å²) in [4.78, 5) is 31.2. The molecule has 1 N–H and O–H groups in total. The second-order valence-electron chi connectivity index (χ2n) is 9.34. The molecule has 0 unspecified atom stereocenters. The highest BCUT2D eigenvalue weighted by atomic mass is 19.1. The Morgan fingerprint density at radius 1 is 0.900 bits per heavy atom. The van der Waals surface area contributed by atoms with Crippen molar-refractivity contribution in [1.29, 1.82) is 0 Å². The molecule has 6 aromatic rings. The van der Waals surface area contributed by atoms with Crippen molar-refractivity contribution in [3.05, 3.63) is 131 Å². The number of amides is 1. The highest BCUT2D eigenvalue weighted by molar-refractivity contribution is 6.02. The van der Waals surface area contributed by atoms with Crippen LogP contribution in [-0.4, -0.2) is 26.3 Å². The van der Waals surface area contributed by atoms with Crippen LogP contribution in [0.3, 0.4) is 0 Å². The molecule has 0 saturated heterocycles. The summed E-state index contributed by atoms with van der Waals surface area (Å²) in [6, 6.07) is 30.0. The predicted molar refractivity (Wildman–Crippen MR) is 156 cm³/mol. The van der Waals surface area contributed by atoms with Crippen LogP contribution in [0, 0.1) is 12.7 Å². The molecule has 4 aromatic carbocycles. The van der Waals surface area contributed by atoms with E-state index in [0.717, 1.165) is 27.7 Å². The van der Waals surface area contributed by atoms with Gasteiger partial charge in [-0.05, 0) is 49.4 Å². The van der Waals surface area contributed by atoms with Crippen LogP contribution in [0.25, 0.3) is 33.2 Å². The number of fused-ring (bicyclic) bond motifs is 2. The van der Waals surface area contributed by atoms with E-state index in [1.807, 2.05) is 78.2 Å². The third-order valence-corrected chi connectivity index (χ3v) is 6.80. The van der Waals surface area contributed by atoms with Crippen LogP contribution in [0.5, 0.6) is 0 Å². The fraction of sp³-hybridized carbons (Fsp3) is 0.0625. The lowest BCUT2D eigenvalue weighted by molar-refractivity contribution is -0.116. The van der Waals surface area contributed by atoms with E-state index < -0.39 is 0 Å². The molecular formula is C32H24FN5O2.